The summed E-state index contributed by atoms with van der Waals surface area (Å²) in [6, 6.07) is 5.45. The Morgan fingerprint density at radius 1 is 1.06 bits per heavy atom. The third-order valence-corrected chi connectivity index (χ3v) is 6.74. The second-order valence-corrected chi connectivity index (χ2v) is 11.7. The van der Waals surface area contributed by atoms with E-state index in [4.69, 9.17) is 4.18 Å². The molecule has 2 aromatic rings. The number of benzene rings is 1. The Labute approximate surface area is 186 Å². The van der Waals surface area contributed by atoms with Crippen LogP contribution in [0, 0.1) is 6.92 Å². The zero-order chi connectivity index (χ0) is 24.5. The zero-order valence-corrected chi connectivity index (χ0v) is 20.1. The fraction of sp³-hybridized carbons (Fsp3) is 0.500. The van der Waals surface area contributed by atoms with Crippen LogP contribution in [-0.2, 0) is 42.5 Å². The largest absolute Gasteiger partial charge is 0.416 e. The Morgan fingerprint density at radius 2 is 1.69 bits per heavy atom. The van der Waals surface area contributed by atoms with E-state index >= 15 is 0 Å². The summed E-state index contributed by atoms with van der Waals surface area (Å²) in [5, 5.41) is 0. The molecule has 0 radical (unpaired) electrons. The molecule has 180 valence electrons. The molecule has 0 saturated heterocycles. The highest BCUT2D eigenvalue weighted by Gasteiger charge is 2.32. The maximum Gasteiger partial charge on any atom is 0.416 e. The summed E-state index contributed by atoms with van der Waals surface area (Å²) >= 11 is 0. The molecule has 1 N–H and O–H groups in total. The number of sulfonamides is 1. The number of nitrogens with one attached hydrogen (secondary N) is 1. The van der Waals surface area contributed by atoms with Crippen LogP contribution in [0.2, 0.25) is 0 Å². The fourth-order valence-electron chi connectivity index (χ4n) is 3.20. The summed E-state index contributed by atoms with van der Waals surface area (Å²) in [4.78, 5) is -0.0659. The van der Waals surface area contributed by atoms with Crippen LogP contribution in [0.25, 0.3) is 0 Å². The first-order valence-corrected chi connectivity index (χ1v) is 13.0. The minimum Gasteiger partial charge on any atom is -0.347 e. The molecule has 0 saturated carbocycles. The van der Waals surface area contributed by atoms with Gasteiger partial charge in [-0.2, -0.15) is 21.6 Å². The minimum atomic E-state index is -4.60. The number of nitrogens with zero attached hydrogens (tertiary/aromatic N) is 1. The van der Waals surface area contributed by atoms with Crippen molar-refractivity contribution in [2.75, 3.05) is 17.6 Å². The van der Waals surface area contributed by atoms with Crippen molar-refractivity contribution in [3.05, 3.63) is 47.3 Å². The molecule has 0 bridgehead atoms. The monoisotopic (exact) mass is 496 g/mol. The quantitative estimate of drug-likeness (QED) is 0.435. The normalized spacial score (nSPS) is 13.4. The summed E-state index contributed by atoms with van der Waals surface area (Å²) in [5.74, 6) is 0. The lowest BCUT2D eigenvalue weighted by Gasteiger charge is -2.22. The van der Waals surface area contributed by atoms with Gasteiger partial charge in [0, 0.05) is 29.0 Å². The number of aromatic nitrogens is 1. The maximum absolute atomic E-state index is 13.0. The van der Waals surface area contributed by atoms with E-state index in [9.17, 15) is 30.0 Å². The Hall–Kier alpha value is -2.05. The highest BCUT2D eigenvalue weighted by molar-refractivity contribution is 7.92. The van der Waals surface area contributed by atoms with Crippen molar-refractivity contribution < 1.29 is 34.2 Å². The molecule has 0 unspecified atom stereocenters. The van der Waals surface area contributed by atoms with Crippen LogP contribution in [0.4, 0.5) is 18.9 Å². The number of hydrogen-bond donors (Lipinski definition) is 1. The van der Waals surface area contributed by atoms with Crippen molar-refractivity contribution in [2.24, 2.45) is 0 Å². The van der Waals surface area contributed by atoms with Crippen LogP contribution in [0.5, 0.6) is 0 Å². The maximum atomic E-state index is 13.0. The fourth-order valence-corrected chi connectivity index (χ4v) is 4.94. The molecule has 1 aromatic heterocycles. The van der Waals surface area contributed by atoms with Gasteiger partial charge in [-0.3, -0.25) is 8.91 Å². The lowest BCUT2D eigenvalue weighted by Crippen LogP contribution is -2.19. The molecule has 1 heterocycles. The number of rotatable bonds is 8. The van der Waals surface area contributed by atoms with Crippen molar-refractivity contribution in [3.63, 3.8) is 0 Å². The Morgan fingerprint density at radius 3 is 2.22 bits per heavy atom. The van der Waals surface area contributed by atoms with Crippen molar-refractivity contribution in [1.29, 1.82) is 0 Å². The zero-order valence-electron chi connectivity index (χ0n) is 18.4. The van der Waals surface area contributed by atoms with Gasteiger partial charge in [-0.25, -0.2) is 8.42 Å². The predicted octanol–water partition coefficient (Wildman–Crippen LogP) is 4.28. The molecule has 32 heavy (non-hydrogen) atoms. The first-order valence-electron chi connectivity index (χ1n) is 9.67. The van der Waals surface area contributed by atoms with Gasteiger partial charge in [0.2, 0.25) is 0 Å². The van der Waals surface area contributed by atoms with Gasteiger partial charge in [0.25, 0.3) is 20.1 Å². The molecule has 7 nitrogen and oxygen atoms in total. The van der Waals surface area contributed by atoms with Gasteiger partial charge in [0.15, 0.2) is 0 Å². The van der Waals surface area contributed by atoms with E-state index < -0.39 is 37.3 Å². The SMILES string of the molecule is Cc1c(S(=O)(=O)Nc2cccc(C(F)(F)F)c2)cc(C(C)(C)C)n1CCCOS(C)(=O)=O. The summed E-state index contributed by atoms with van der Waals surface area (Å²) in [6.45, 7) is 7.50. The Balaban J connectivity index is 2.39. The van der Waals surface area contributed by atoms with Gasteiger partial charge < -0.3 is 4.57 Å². The number of anilines is 1. The third kappa shape index (κ3) is 6.72. The van der Waals surface area contributed by atoms with Gasteiger partial charge in [-0.05, 0) is 37.6 Å². The first-order chi connectivity index (χ1) is 14.4. The molecule has 12 heteroatoms. The molecule has 0 spiro atoms. The van der Waals surface area contributed by atoms with E-state index in [-0.39, 0.29) is 17.2 Å². The predicted molar refractivity (Wildman–Crippen MR) is 116 cm³/mol. The third-order valence-electron chi connectivity index (χ3n) is 4.64. The van der Waals surface area contributed by atoms with Gasteiger partial charge >= 0.3 is 6.18 Å². The number of hydrogen-bond acceptors (Lipinski definition) is 5. The lowest BCUT2D eigenvalue weighted by atomic mass is 9.92. The molecule has 1 aromatic carbocycles. The van der Waals surface area contributed by atoms with Crippen molar-refractivity contribution >= 4 is 25.8 Å². The molecule has 0 aliphatic heterocycles. The van der Waals surface area contributed by atoms with Gasteiger partial charge in [0.05, 0.1) is 18.4 Å². The summed E-state index contributed by atoms with van der Waals surface area (Å²) < 4.78 is 96.0. The van der Waals surface area contributed by atoms with Crippen LogP contribution < -0.4 is 4.72 Å². The van der Waals surface area contributed by atoms with Crippen LogP contribution in [0.15, 0.2) is 35.2 Å². The van der Waals surface area contributed by atoms with E-state index in [1.165, 1.54) is 12.1 Å². The van der Waals surface area contributed by atoms with Crippen LogP contribution >= 0.6 is 0 Å². The van der Waals surface area contributed by atoms with Crippen molar-refractivity contribution in [2.45, 2.75) is 57.1 Å². The average Bonchev–Trinajstić information content (AvgIpc) is 2.95. The lowest BCUT2D eigenvalue weighted by molar-refractivity contribution is -0.137. The summed E-state index contributed by atoms with van der Waals surface area (Å²) in [7, 11) is -7.78. The second-order valence-electron chi connectivity index (χ2n) is 8.44. The standard InChI is InChI=1S/C20H27F3N2O5S2/c1-14-17(32(28,29)24-16-9-6-8-15(12-16)20(21,22)23)13-18(19(2,3)4)25(14)10-7-11-30-31(5,26)27/h6,8-9,12-13,24H,7,10-11H2,1-5H3. The molecule has 2 rings (SSSR count). The average molecular weight is 497 g/mol. The highest BCUT2D eigenvalue weighted by Crippen LogP contribution is 2.33. The van der Waals surface area contributed by atoms with Crippen molar-refractivity contribution in [1.82, 2.24) is 4.57 Å². The Bertz CT molecular complexity index is 1180. The van der Waals surface area contributed by atoms with E-state index in [0.29, 0.717) is 24.4 Å². The molecule has 0 atom stereocenters. The van der Waals surface area contributed by atoms with Gasteiger partial charge in [0.1, 0.15) is 4.90 Å². The minimum absolute atomic E-state index is 0.0649. The molecule has 0 fully saturated rings. The molecule has 0 aliphatic rings. The smallest absolute Gasteiger partial charge is 0.347 e. The van der Waals surface area contributed by atoms with E-state index in [2.05, 4.69) is 4.72 Å². The second kappa shape index (κ2) is 9.06. The number of halogens is 3. The van der Waals surface area contributed by atoms with E-state index in [1.807, 2.05) is 20.8 Å². The summed E-state index contributed by atoms with van der Waals surface area (Å²) in [6.07, 6.45) is -3.35. The van der Waals surface area contributed by atoms with Gasteiger partial charge in [-0.1, -0.05) is 26.8 Å². The molecule has 0 amide bonds. The summed E-state index contributed by atoms with van der Waals surface area (Å²) in [5.41, 5.74) is -0.557. The molecular formula is C20H27F3N2O5S2. The van der Waals surface area contributed by atoms with E-state index in [1.54, 1.807) is 11.5 Å². The molecule has 0 aliphatic carbocycles. The van der Waals surface area contributed by atoms with Crippen LogP contribution in [0.1, 0.15) is 44.1 Å². The first kappa shape index (κ1) is 26.2. The van der Waals surface area contributed by atoms with Crippen LogP contribution in [0.3, 0.4) is 0 Å². The van der Waals surface area contributed by atoms with Crippen molar-refractivity contribution in [3.8, 4) is 0 Å². The number of alkyl halides is 3. The highest BCUT2D eigenvalue weighted by atomic mass is 32.2. The Kier molecular flexibility index (Phi) is 7.42. The van der Waals surface area contributed by atoms with Gasteiger partial charge in [-0.15, -0.1) is 0 Å². The topological polar surface area (TPSA) is 94.5 Å². The molecular weight excluding hydrogens is 469 g/mol. The van der Waals surface area contributed by atoms with Crippen LogP contribution in [-0.4, -0.2) is 34.3 Å². The van der Waals surface area contributed by atoms with E-state index in [0.717, 1.165) is 24.5 Å².